The van der Waals surface area contributed by atoms with Gasteiger partial charge >= 0.3 is 0 Å². The molecule has 1 aliphatic rings. The van der Waals surface area contributed by atoms with Gasteiger partial charge in [0.25, 0.3) is 0 Å². The highest BCUT2D eigenvalue weighted by molar-refractivity contribution is 6.23. The fraction of sp³-hybridized carbons (Fsp3) is 0.308. The summed E-state index contributed by atoms with van der Waals surface area (Å²) in [5, 5.41) is 0. The number of rotatable bonds is 2. The highest BCUT2D eigenvalue weighted by Gasteiger charge is 2.23. The Balaban J connectivity index is 2.50. The molecule has 0 spiro atoms. The summed E-state index contributed by atoms with van der Waals surface area (Å²) in [5.74, 6) is -1.75. The van der Waals surface area contributed by atoms with Crippen molar-refractivity contribution in [3.63, 3.8) is 0 Å². The van der Waals surface area contributed by atoms with E-state index in [0.717, 1.165) is 30.5 Å². The van der Waals surface area contributed by atoms with Crippen molar-refractivity contribution in [3.8, 4) is 0 Å². The molecule has 1 aliphatic carbocycles. The number of benzene rings is 1. The number of hydrogen-bond donors (Lipinski definition) is 0. The monoisotopic (exact) mass is 222 g/mol. The first kappa shape index (κ1) is 11.0. The van der Waals surface area contributed by atoms with Crippen LogP contribution in [-0.2, 0) is 4.79 Å². The number of hydrogen-bond acceptors (Lipinski definition) is 1. The van der Waals surface area contributed by atoms with Gasteiger partial charge in [-0.1, -0.05) is 18.6 Å². The average Bonchev–Trinajstić information content (AvgIpc) is 2.64. The molecule has 0 aliphatic heterocycles. The Morgan fingerprint density at radius 2 is 1.94 bits per heavy atom. The lowest BCUT2D eigenvalue weighted by Crippen LogP contribution is -1.97. The van der Waals surface area contributed by atoms with Crippen molar-refractivity contribution in [2.45, 2.75) is 26.2 Å². The Labute approximate surface area is 92.8 Å². The lowest BCUT2D eigenvalue weighted by atomic mass is 10.00. The molecule has 0 unspecified atom stereocenters. The van der Waals surface area contributed by atoms with E-state index in [0.29, 0.717) is 17.6 Å². The summed E-state index contributed by atoms with van der Waals surface area (Å²) in [4.78, 5) is 11.7. The van der Waals surface area contributed by atoms with E-state index in [1.165, 1.54) is 6.07 Å². The Morgan fingerprint density at radius 3 is 2.56 bits per heavy atom. The van der Waals surface area contributed by atoms with Crippen LogP contribution < -0.4 is 0 Å². The van der Waals surface area contributed by atoms with E-state index in [1.807, 2.05) is 6.92 Å². The van der Waals surface area contributed by atoms with Crippen molar-refractivity contribution in [1.82, 2.24) is 0 Å². The third-order valence-electron chi connectivity index (χ3n) is 2.92. The number of halogens is 2. The third-order valence-corrected chi connectivity index (χ3v) is 2.92. The van der Waals surface area contributed by atoms with Gasteiger partial charge in [-0.15, -0.1) is 0 Å². The fourth-order valence-electron chi connectivity index (χ4n) is 2.08. The zero-order valence-electron chi connectivity index (χ0n) is 9.02. The molecule has 1 aromatic carbocycles. The van der Waals surface area contributed by atoms with Crippen molar-refractivity contribution in [2.75, 3.05) is 0 Å². The summed E-state index contributed by atoms with van der Waals surface area (Å²) in [7, 11) is 0. The second-order valence-electron chi connectivity index (χ2n) is 3.88. The molecule has 0 atom stereocenters. The van der Waals surface area contributed by atoms with Gasteiger partial charge in [-0.2, -0.15) is 0 Å². The van der Waals surface area contributed by atoms with Gasteiger partial charge in [-0.05, 0) is 30.5 Å². The van der Waals surface area contributed by atoms with Crippen LogP contribution in [0.15, 0.2) is 23.8 Å². The number of allylic oxidation sites excluding steroid dienone is 2. The van der Waals surface area contributed by atoms with E-state index in [4.69, 9.17) is 0 Å². The molecular formula is C13H12F2O. The van der Waals surface area contributed by atoms with E-state index >= 15 is 0 Å². The van der Waals surface area contributed by atoms with Crippen LogP contribution in [0.1, 0.15) is 31.7 Å². The zero-order valence-corrected chi connectivity index (χ0v) is 9.02. The SMILES string of the molecule is CCC1=C(c2ccc(F)c(F)c2)C(=O)CC1. The molecule has 0 radical (unpaired) electrons. The van der Waals surface area contributed by atoms with Gasteiger partial charge in [0, 0.05) is 12.0 Å². The lowest BCUT2D eigenvalue weighted by molar-refractivity contribution is -0.113. The molecule has 0 saturated carbocycles. The molecule has 84 valence electrons. The molecule has 0 saturated heterocycles. The van der Waals surface area contributed by atoms with Gasteiger partial charge in [0.2, 0.25) is 0 Å². The molecule has 3 heteroatoms. The van der Waals surface area contributed by atoms with Crippen LogP contribution >= 0.6 is 0 Å². The summed E-state index contributed by atoms with van der Waals surface area (Å²) in [6.45, 7) is 1.97. The van der Waals surface area contributed by atoms with Crippen molar-refractivity contribution < 1.29 is 13.6 Å². The standard InChI is InChI=1S/C13H12F2O/c1-2-8-4-6-12(16)13(8)9-3-5-10(14)11(15)7-9/h3,5,7H,2,4,6H2,1H3. The van der Waals surface area contributed by atoms with Crippen LogP contribution in [0, 0.1) is 11.6 Å². The Bertz CT molecular complexity index is 475. The second kappa shape index (κ2) is 4.16. The maximum Gasteiger partial charge on any atom is 0.163 e. The van der Waals surface area contributed by atoms with Crippen LogP contribution in [0.3, 0.4) is 0 Å². The number of carbonyl (C=O) groups excluding carboxylic acids is 1. The average molecular weight is 222 g/mol. The highest BCUT2D eigenvalue weighted by Crippen LogP contribution is 2.33. The highest BCUT2D eigenvalue weighted by atomic mass is 19.2. The summed E-state index contributed by atoms with van der Waals surface area (Å²) in [6, 6.07) is 3.63. The minimum absolute atomic E-state index is 0.0304. The quantitative estimate of drug-likeness (QED) is 0.748. The first-order valence-corrected chi connectivity index (χ1v) is 5.34. The predicted molar refractivity (Wildman–Crippen MR) is 57.8 cm³/mol. The van der Waals surface area contributed by atoms with E-state index in [9.17, 15) is 13.6 Å². The van der Waals surface area contributed by atoms with Crippen LogP contribution in [0.25, 0.3) is 5.57 Å². The molecule has 0 fully saturated rings. The molecule has 0 aromatic heterocycles. The molecule has 0 N–H and O–H groups in total. The van der Waals surface area contributed by atoms with Crippen LogP contribution in [-0.4, -0.2) is 5.78 Å². The molecular weight excluding hydrogens is 210 g/mol. The summed E-state index contributed by atoms with van der Waals surface area (Å²) >= 11 is 0. The molecule has 0 heterocycles. The summed E-state index contributed by atoms with van der Waals surface area (Å²) in [6.07, 6.45) is 2.00. The van der Waals surface area contributed by atoms with Gasteiger partial charge < -0.3 is 0 Å². The number of ketones is 1. The number of carbonyl (C=O) groups is 1. The van der Waals surface area contributed by atoms with Crippen molar-refractivity contribution >= 4 is 11.4 Å². The van der Waals surface area contributed by atoms with Crippen molar-refractivity contribution in [2.24, 2.45) is 0 Å². The maximum absolute atomic E-state index is 13.1. The van der Waals surface area contributed by atoms with Gasteiger partial charge in [0.15, 0.2) is 17.4 Å². The normalized spacial score (nSPS) is 16.1. The van der Waals surface area contributed by atoms with Gasteiger partial charge in [0.05, 0.1) is 0 Å². The smallest absolute Gasteiger partial charge is 0.163 e. The Morgan fingerprint density at radius 1 is 1.19 bits per heavy atom. The third kappa shape index (κ3) is 1.77. The topological polar surface area (TPSA) is 17.1 Å². The summed E-state index contributed by atoms with van der Waals surface area (Å²) < 4.78 is 25.9. The fourth-order valence-corrected chi connectivity index (χ4v) is 2.08. The van der Waals surface area contributed by atoms with Gasteiger partial charge in [-0.3, -0.25) is 4.79 Å². The summed E-state index contributed by atoms with van der Waals surface area (Å²) in [5.41, 5.74) is 2.12. The van der Waals surface area contributed by atoms with Gasteiger partial charge in [0.1, 0.15) is 0 Å². The lowest BCUT2D eigenvalue weighted by Gasteiger charge is -2.05. The van der Waals surface area contributed by atoms with E-state index < -0.39 is 11.6 Å². The predicted octanol–water partition coefficient (Wildman–Crippen LogP) is 3.49. The Hall–Kier alpha value is -1.51. The zero-order chi connectivity index (χ0) is 11.7. The van der Waals surface area contributed by atoms with Crippen LogP contribution in [0.4, 0.5) is 8.78 Å². The molecule has 2 rings (SSSR count). The van der Waals surface area contributed by atoms with Crippen molar-refractivity contribution in [3.05, 3.63) is 41.0 Å². The minimum atomic E-state index is -0.903. The molecule has 1 nitrogen and oxygen atoms in total. The van der Waals surface area contributed by atoms with Crippen molar-refractivity contribution in [1.29, 1.82) is 0 Å². The second-order valence-corrected chi connectivity index (χ2v) is 3.88. The van der Waals surface area contributed by atoms with E-state index in [2.05, 4.69) is 0 Å². The maximum atomic E-state index is 13.1. The molecule has 1 aromatic rings. The van der Waals surface area contributed by atoms with Crippen LogP contribution in [0.5, 0.6) is 0 Å². The molecule has 0 bridgehead atoms. The molecule has 16 heavy (non-hydrogen) atoms. The minimum Gasteiger partial charge on any atom is -0.294 e. The molecule has 0 amide bonds. The van der Waals surface area contributed by atoms with Gasteiger partial charge in [-0.25, -0.2) is 8.78 Å². The number of Topliss-reactive ketones (excluding diaryl/α,β-unsaturated/α-hetero) is 1. The Kier molecular flexibility index (Phi) is 2.86. The largest absolute Gasteiger partial charge is 0.294 e. The van der Waals surface area contributed by atoms with E-state index in [1.54, 1.807) is 0 Å². The first-order valence-electron chi connectivity index (χ1n) is 5.34. The van der Waals surface area contributed by atoms with E-state index in [-0.39, 0.29) is 5.78 Å². The van der Waals surface area contributed by atoms with Crippen LogP contribution in [0.2, 0.25) is 0 Å². The first-order chi connectivity index (χ1) is 7.63.